The lowest BCUT2D eigenvalue weighted by Gasteiger charge is -2.22. The maximum absolute atomic E-state index is 12.1. The first-order valence-corrected chi connectivity index (χ1v) is 5.60. The summed E-state index contributed by atoms with van der Waals surface area (Å²) in [6.07, 6.45) is 1.10. The molecule has 1 aromatic carbocycles. The smallest absolute Gasteiger partial charge is 0.326 e. The lowest BCUT2D eigenvalue weighted by molar-refractivity contribution is -0.142. The molecule has 4 heteroatoms. The summed E-state index contributed by atoms with van der Waals surface area (Å²) < 4.78 is 0. The van der Waals surface area contributed by atoms with Crippen LogP contribution in [-0.2, 0) is 11.2 Å². The van der Waals surface area contributed by atoms with Gasteiger partial charge in [0.15, 0.2) is 0 Å². The lowest BCUT2D eigenvalue weighted by Crippen LogP contribution is -2.41. The minimum atomic E-state index is -0.939. The molecular weight excluding hydrogens is 218 g/mol. The molecule has 0 saturated carbocycles. The largest absolute Gasteiger partial charge is 0.480 e. The van der Waals surface area contributed by atoms with Gasteiger partial charge in [-0.3, -0.25) is 4.79 Å². The molecule has 1 aromatic rings. The second-order valence-electron chi connectivity index (χ2n) is 4.47. The molecule has 1 N–H and O–H groups in total. The third-order valence-corrected chi connectivity index (χ3v) is 3.25. The zero-order chi connectivity index (χ0) is 12.6. The summed E-state index contributed by atoms with van der Waals surface area (Å²) in [5, 5.41) is 9.09. The number of aryl methyl sites for hydroxylation is 2. The van der Waals surface area contributed by atoms with Crippen LogP contribution in [0.2, 0.25) is 0 Å². The van der Waals surface area contributed by atoms with Crippen molar-refractivity contribution in [3.8, 4) is 0 Å². The number of likely N-dealkylation sites (N-methyl/N-ethyl adjacent to an activating group) is 1. The number of carbonyl (C=O) groups excluding carboxylic acids is 1. The Labute approximate surface area is 99.9 Å². The van der Waals surface area contributed by atoms with E-state index in [9.17, 15) is 9.59 Å². The summed E-state index contributed by atoms with van der Waals surface area (Å²) in [6.45, 7) is 1.97. The van der Waals surface area contributed by atoms with Gasteiger partial charge in [-0.15, -0.1) is 0 Å². The number of hydrogen-bond acceptors (Lipinski definition) is 2. The van der Waals surface area contributed by atoms with Gasteiger partial charge in [-0.05, 0) is 31.4 Å². The van der Waals surface area contributed by atoms with Crippen molar-refractivity contribution in [3.63, 3.8) is 0 Å². The van der Waals surface area contributed by atoms with Crippen LogP contribution in [0.1, 0.15) is 27.9 Å². The highest BCUT2D eigenvalue weighted by Gasteiger charge is 2.31. The molecule has 0 saturated heterocycles. The van der Waals surface area contributed by atoms with Gasteiger partial charge in [0.25, 0.3) is 5.91 Å². The Balaban J connectivity index is 2.44. The highest BCUT2D eigenvalue weighted by molar-refractivity contribution is 5.98. The van der Waals surface area contributed by atoms with Gasteiger partial charge in [-0.2, -0.15) is 0 Å². The molecule has 2 rings (SSSR count). The number of amides is 1. The summed E-state index contributed by atoms with van der Waals surface area (Å²) in [4.78, 5) is 24.5. The Bertz CT molecular complexity index is 482. The maximum atomic E-state index is 12.1. The summed E-state index contributed by atoms with van der Waals surface area (Å²) >= 11 is 0. The number of rotatable bonds is 1. The Hall–Kier alpha value is -1.84. The van der Waals surface area contributed by atoms with Crippen molar-refractivity contribution in [3.05, 3.63) is 34.9 Å². The average molecular weight is 233 g/mol. The fraction of sp³-hybridized carbons (Fsp3) is 0.385. The van der Waals surface area contributed by atoms with Gasteiger partial charge in [-0.25, -0.2) is 4.79 Å². The van der Waals surface area contributed by atoms with Crippen LogP contribution in [0.25, 0.3) is 0 Å². The molecule has 0 fully saturated rings. The molecule has 17 heavy (non-hydrogen) atoms. The van der Waals surface area contributed by atoms with Crippen molar-refractivity contribution >= 4 is 11.9 Å². The molecule has 90 valence electrons. The molecule has 1 heterocycles. The predicted molar refractivity (Wildman–Crippen MR) is 63.0 cm³/mol. The summed E-state index contributed by atoms with van der Waals surface area (Å²) in [6, 6.07) is 4.90. The molecular formula is C13H15NO3. The van der Waals surface area contributed by atoms with E-state index in [-0.39, 0.29) is 5.91 Å². The van der Waals surface area contributed by atoms with Crippen molar-refractivity contribution < 1.29 is 14.7 Å². The van der Waals surface area contributed by atoms with Gasteiger partial charge in [0, 0.05) is 12.6 Å². The highest BCUT2D eigenvalue weighted by atomic mass is 16.4. The molecule has 1 aliphatic rings. The third kappa shape index (κ3) is 2.02. The fourth-order valence-electron chi connectivity index (χ4n) is 2.24. The molecule has 0 aliphatic carbocycles. The van der Waals surface area contributed by atoms with Crippen LogP contribution >= 0.6 is 0 Å². The first-order valence-electron chi connectivity index (χ1n) is 5.60. The minimum absolute atomic E-state index is 0.204. The van der Waals surface area contributed by atoms with Crippen LogP contribution < -0.4 is 0 Å². The SMILES string of the molecule is Cc1ccc2c(c1)CCC(C(=O)O)N(C)C2=O. The monoisotopic (exact) mass is 233 g/mol. The number of fused-ring (bicyclic) bond motifs is 1. The van der Waals surface area contributed by atoms with E-state index in [0.29, 0.717) is 18.4 Å². The van der Waals surface area contributed by atoms with Gasteiger partial charge in [-0.1, -0.05) is 17.7 Å². The van der Waals surface area contributed by atoms with E-state index in [0.717, 1.165) is 11.1 Å². The van der Waals surface area contributed by atoms with Crippen LogP contribution in [0.3, 0.4) is 0 Å². The van der Waals surface area contributed by atoms with Crippen LogP contribution in [0, 0.1) is 6.92 Å². The maximum Gasteiger partial charge on any atom is 0.326 e. The van der Waals surface area contributed by atoms with E-state index in [1.807, 2.05) is 19.1 Å². The average Bonchev–Trinajstić information content (AvgIpc) is 2.38. The molecule has 0 spiro atoms. The molecule has 1 amide bonds. The Morgan fingerprint density at radius 3 is 2.82 bits per heavy atom. The van der Waals surface area contributed by atoms with Crippen molar-refractivity contribution in [1.29, 1.82) is 0 Å². The zero-order valence-electron chi connectivity index (χ0n) is 9.93. The Morgan fingerprint density at radius 2 is 2.18 bits per heavy atom. The molecule has 1 aliphatic heterocycles. The van der Waals surface area contributed by atoms with Gasteiger partial charge in [0.05, 0.1) is 0 Å². The van der Waals surface area contributed by atoms with Crippen molar-refractivity contribution in [2.24, 2.45) is 0 Å². The first kappa shape index (κ1) is 11.6. The summed E-state index contributed by atoms with van der Waals surface area (Å²) in [5.74, 6) is -1.14. The zero-order valence-corrected chi connectivity index (χ0v) is 9.93. The highest BCUT2D eigenvalue weighted by Crippen LogP contribution is 2.22. The molecule has 4 nitrogen and oxygen atoms in total. The standard InChI is InChI=1S/C13H15NO3/c1-8-3-5-10-9(7-8)4-6-11(13(16)17)14(2)12(10)15/h3,5,7,11H,4,6H2,1-2H3,(H,16,17). The Morgan fingerprint density at radius 1 is 1.47 bits per heavy atom. The van der Waals surface area contributed by atoms with E-state index in [1.54, 1.807) is 13.1 Å². The topological polar surface area (TPSA) is 57.6 Å². The summed E-state index contributed by atoms with van der Waals surface area (Å²) in [7, 11) is 1.55. The van der Waals surface area contributed by atoms with Crippen LogP contribution in [0.5, 0.6) is 0 Å². The van der Waals surface area contributed by atoms with E-state index < -0.39 is 12.0 Å². The number of nitrogens with zero attached hydrogens (tertiary/aromatic N) is 1. The van der Waals surface area contributed by atoms with Gasteiger partial charge in [0.2, 0.25) is 0 Å². The van der Waals surface area contributed by atoms with Gasteiger partial charge < -0.3 is 10.0 Å². The molecule has 1 atom stereocenters. The number of carboxylic acid groups (broad SMARTS) is 1. The number of benzene rings is 1. The number of carbonyl (C=O) groups is 2. The molecule has 0 bridgehead atoms. The lowest BCUT2D eigenvalue weighted by atomic mass is 10.0. The van der Waals surface area contributed by atoms with Crippen LogP contribution in [0.15, 0.2) is 18.2 Å². The van der Waals surface area contributed by atoms with Crippen molar-refractivity contribution in [1.82, 2.24) is 4.90 Å². The van der Waals surface area contributed by atoms with E-state index in [4.69, 9.17) is 5.11 Å². The van der Waals surface area contributed by atoms with E-state index >= 15 is 0 Å². The van der Waals surface area contributed by atoms with Crippen LogP contribution in [-0.4, -0.2) is 35.0 Å². The quantitative estimate of drug-likeness (QED) is 0.799. The van der Waals surface area contributed by atoms with E-state index in [1.165, 1.54) is 4.90 Å². The van der Waals surface area contributed by atoms with Crippen molar-refractivity contribution in [2.75, 3.05) is 7.05 Å². The predicted octanol–water partition coefficient (Wildman–Crippen LogP) is 1.47. The normalized spacial score (nSPS) is 19.8. The molecule has 0 aromatic heterocycles. The molecule has 0 radical (unpaired) electrons. The van der Waals surface area contributed by atoms with E-state index in [2.05, 4.69) is 0 Å². The van der Waals surface area contributed by atoms with Gasteiger partial charge in [0.1, 0.15) is 6.04 Å². The Kier molecular flexibility index (Phi) is 2.88. The number of aliphatic carboxylic acids is 1. The van der Waals surface area contributed by atoms with Gasteiger partial charge >= 0.3 is 5.97 Å². The second-order valence-corrected chi connectivity index (χ2v) is 4.47. The minimum Gasteiger partial charge on any atom is -0.480 e. The molecule has 1 unspecified atom stereocenters. The fourth-order valence-corrected chi connectivity index (χ4v) is 2.24. The van der Waals surface area contributed by atoms with Crippen LogP contribution in [0.4, 0.5) is 0 Å². The second kappa shape index (κ2) is 4.20. The first-order chi connectivity index (χ1) is 8.00. The van der Waals surface area contributed by atoms with Crippen molar-refractivity contribution in [2.45, 2.75) is 25.8 Å². The number of hydrogen-bond donors (Lipinski definition) is 1. The number of carboxylic acids is 1. The summed E-state index contributed by atoms with van der Waals surface area (Å²) in [5.41, 5.74) is 2.67. The third-order valence-electron chi connectivity index (χ3n) is 3.25.